The largest absolute Gasteiger partial charge is 0.378 e. The van der Waals surface area contributed by atoms with Gasteiger partial charge in [0, 0.05) is 12.5 Å². The summed E-state index contributed by atoms with van der Waals surface area (Å²) in [7, 11) is 0. The molecular weight excluding hydrogens is 316 g/mol. The molecule has 0 bridgehead atoms. The first-order valence-electron chi connectivity index (χ1n) is 11.2. The van der Waals surface area contributed by atoms with Crippen molar-refractivity contribution in [1.29, 1.82) is 0 Å². The highest BCUT2D eigenvalue weighted by Gasteiger charge is 2.28. The van der Waals surface area contributed by atoms with Crippen LogP contribution in [0.3, 0.4) is 0 Å². The third-order valence-electron chi connectivity index (χ3n) is 6.52. The number of ether oxygens (including phenoxy) is 1. The van der Waals surface area contributed by atoms with Crippen LogP contribution in [0.25, 0.3) is 0 Å². The zero-order valence-corrected chi connectivity index (χ0v) is 17.0. The van der Waals surface area contributed by atoms with Gasteiger partial charge in [-0.1, -0.05) is 63.1 Å². The van der Waals surface area contributed by atoms with Crippen molar-refractivity contribution in [3.63, 3.8) is 0 Å². The van der Waals surface area contributed by atoms with Gasteiger partial charge in [-0.15, -0.1) is 0 Å². The van der Waals surface area contributed by atoms with Crippen LogP contribution in [0.15, 0.2) is 36.4 Å². The van der Waals surface area contributed by atoms with E-state index in [1.807, 2.05) is 0 Å². The van der Waals surface area contributed by atoms with Gasteiger partial charge in [0.1, 0.15) is 0 Å². The highest BCUT2D eigenvalue weighted by molar-refractivity contribution is 5.29. The lowest BCUT2D eigenvalue weighted by Gasteiger charge is -2.35. The van der Waals surface area contributed by atoms with E-state index in [0.29, 0.717) is 12.0 Å². The van der Waals surface area contributed by atoms with Gasteiger partial charge < -0.3 is 4.74 Å². The highest BCUT2D eigenvalue weighted by Crippen LogP contribution is 2.39. The maximum absolute atomic E-state index is 6.04. The molecule has 2 atom stereocenters. The van der Waals surface area contributed by atoms with E-state index in [9.17, 15) is 0 Å². The molecule has 2 aliphatic rings. The standard InChI is InChI=1S/C25H38O/c1-3-5-19-26-25-17-15-24(16-18-25)23-13-11-22(12-14-23)21-9-7-20(6-4-2)8-10-21/h7-11,13,22-25H,3-6,12,14-19H2,1-2H3. The minimum absolute atomic E-state index is 0.541. The van der Waals surface area contributed by atoms with Gasteiger partial charge in [0.05, 0.1) is 6.10 Å². The second kappa shape index (κ2) is 10.3. The van der Waals surface area contributed by atoms with Crippen LogP contribution in [-0.2, 0) is 11.2 Å². The van der Waals surface area contributed by atoms with Crippen molar-refractivity contribution in [2.24, 2.45) is 11.8 Å². The molecule has 0 aromatic heterocycles. The lowest BCUT2D eigenvalue weighted by Crippen LogP contribution is -2.27. The van der Waals surface area contributed by atoms with E-state index < -0.39 is 0 Å². The summed E-state index contributed by atoms with van der Waals surface area (Å²) in [5, 5.41) is 0. The van der Waals surface area contributed by atoms with Crippen molar-refractivity contribution in [1.82, 2.24) is 0 Å². The third kappa shape index (κ3) is 5.46. The summed E-state index contributed by atoms with van der Waals surface area (Å²) in [5.41, 5.74) is 2.99. The number of unbranched alkanes of at least 4 members (excludes halogenated alkanes) is 1. The van der Waals surface area contributed by atoms with Crippen LogP contribution in [0.2, 0.25) is 0 Å². The number of aryl methyl sites for hydroxylation is 1. The Hall–Kier alpha value is -1.08. The minimum atomic E-state index is 0.541. The van der Waals surface area contributed by atoms with E-state index in [2.05, 4.69) is 50.3 Å². The van der Waals surface area contributed by atoms with E-state index in [1.165, 1.54) is 75.3 Å². The Kier molecular flexibility index (Phi) is 7.80. The molecule has 1 fully saturated rings. The molecule has 0 spiro atoms. The average Bonchev–Trinajstić information content (AvgIpc) is 2.70. The maximum atomic E-state index is 6.04. The molecule has 1 aromatic carbocycles. The molecule has 1 aromatic rings. The fourth-order valence-corrected chi connectivity index (χ4v) is 4.81. The number of hydrogen-bond acceptors (Lipinski definition) is 1. The highest BCUT2D eigenvalue weighted by atomic mass is 16.5. The molecule has 0 saturated heterocycles. The van der Waals surface area contributed by atoms with Crippen molar-refractivity contribution in [2.45, 2.75) is 90.1 Å². The fraction of sp³-hybridized carbons (Fsp3) is 0.680. The molecule has 0 N–H and O–H groups in total. The molecule has 1 saturated carbocycles. The average molecular weight is 355 g/mol. The van der Waals surface area contributed by atoms with E-state index in [1.54, 1.807) is 0 Å². The lowest BCUT2D eigenvalue weighted by molar-refractivity contribution is 0.0116. The molecule has 3 rings (SSSR count). The Balaban J connectivity index is 1.46. The molecule has 0 aliphatic heterocycles. The summed E-state index contributed by atoms with van der Waals surface area (Å²) in [4.78, 5) is 0. The van der Waals surface area contributed by atoms with Gasteiger partial charge in [-0.05, 0) is 74.3 Å². The molecule has 0 radical (unpaired) electrons. The number of hydrogen-bond donors (Lipinski definition) is 0. The van der Waals surface area contributed by atoms with Crippen LogP contribution in [-0.4, -0.2) is 12.7 Å². The molecule has 0 heterocycles. The maximum Gasteiger partial charge on any atom is 0.0575 e. The first-order valence-corrected chi connectivity index (χ1v) is 11.2. The Morgan fingerprint density at radius 1 is 0.846 bits per heavy atom. The molecule has 1 heteroatoms. The van der Waals surface area contributed by atoms with Crippen LogP contribution in [0.1, 0.15) is 88.7 Å². The number of rotatable bonds is 8. The normalized spacial score (nSPS) is 29.0. The quantitative estimate of drug-likeness (QED) is 0.358. The van der Waals surface area contributed by atoms with Crippen LogP contribution in [0.4, 0.5) is 0 Å². The van der Waals surface area contributed by atoms with Crippen molar-refractivity contribution in [3.8, 4) is 0 Å². The van der Waals surface area contributed by atoms with E-state index in [0.717, 1.165) is 18.4 Å². The monoisotopic (exact) mass is 354 g/mol. The van der Waals surface area contributed by atoms with E-state index >= 15 is 0 Å². The van der Waals surface area contributed by atoms with Crippen molar-refractivity contribution >= 4 is 0 Å². The third-order valence-corrected chi connectivity index (χ3v) is 6.52. The second-order valence-corrected chi connectivity index (χ2v) is 8.49. The zero-order valence-electron chi connectivity index (χ0n) is 17.0. The van der Waals surface area contributed by atoms with Crippen LogP contribution in [0, 0.1) is 11.8 Å². The van der Waals surface area contributed by atoms with Crippen molar-refractivity contribution in [3.05, 3.63) is 47.5 Å². The Morgan fingerprint density at radius 2 is 1.62 bits per heavy atom. The predicted molar refractivity (Wildman–Crippen MR) is 112 cm³/mol. The van der Waals surface area contributed by atoms with Gasteiger partial charge in [0.15, 0.2) is 0 Å². The van der Waals surface area contributed by atoms with Crippen LogP contribution in [0.5, 0.6) is 0 Å². The molecule has 2 aliphatic carbocycles. The molecule has 1 nitrogen and oxygen atoms in total. The van der Waals surface area contributed by atoms with E-state index in [4.69, 9.17) is 4.74 Å². The van der Waals surface area contributed by atoms with Gasteiger partial charge in [0.2, 0.25) is 0 Å². The zero-order chi connectivity index (χ0) is 18.2. The summed E-state index contributed by atoms with van der Waals surface area (Å²) < 4.78 is 6.04. The van der Waals surface area contributed by atoms with E-state index in [-0.39, 0.29) is 0 Å². The summed E-state index contributed by atoms with van der Waals surface area (Å²) in [6.07, 6.45) is 18.5. The van der Waals surface area contributed by atoms with Gasteiger partial charge in [-0.3, -0.25) is 0 Å². The second-order valence-electron chi connectivity index (χ2n) is 8.49. The first kappa shape index (κ1) is 19.7. The van der Waals surface area contributed by atoms with Crippen molar-refractivity contribution < 1.29 is 4.74 Å². The van der Waals surface area contributed by atoms with Crippen LogP contribution >= 0.6 is 0 Å². The molecule has 26 heavy (non-hydrogen) atoms. The van der Waals surface area contributed by atoms with Crippen LogP contribution < -0.4 is 0 Å². The summed E-state index contributed by atoms with van der Waals surface area (Å²) in [6.45, 7) is 5.46. The number of benzene rings is 1. The predicted octanol–water partition coefficient (Wildman–Crippen LogP) is 7.06. The molecule has 0 amide bonds. The van der Waals surface area contributed by atoms with Gasteiger partial charge in [-0.2, -0.15) is 0 Å². The van der Waals surface area contributed by atoms with Crippen molar-refractivity contribution in [2.75, 3.05) is 6.61 Å². The van der Waals surface area contributed by atoms with Gasteiger partial charge in [-0.25, -0.2) is 0 Å². The topological polar surface area (TPSA) is 9.23 Å². The molecular formula is C25H38O. The number of allylic oxidation sites excluding steroid dienone is 2. The lowest BCUT2D eigenvalue weighted by atomic mass is 9.73. The summed E-state index contributed by atoms with van der Waals surface area (Å²) >= 11 is 0. The molecule has 2 unspecified atom stereocenters. The Labute approximate surface area is 161 Å². The SMILES string of the molecule is CCCCOC1CCC(C2C=CC(c3ccc(CCC)cc3)CC2)CC1. The first-order chi connectivity index (χ1) is 12.8. The minimum Gasteiger partial charge on any atom is -0.378 e. The summed E-state index contributed by atoms with van der Waals surface area (Å²) in [5.74, 6) is 2.34. The summed E-state index contributed by atoms with van der Waals surface area (Å²) in [6, 6.07) is 9.38. The fourth-order valence-electron chi connectivity index (χ4n) is 4.81. The smallest absolute Gasteiger partial charge is 0.0575 e. The molecule has 144 valence electrons. The van der Waals surface area contributed by atoms with Gasteiger partial charge >= 0.3 is 0 Å². The Morgan fingerprint density at radius 3 is 2.23 bits per heavy atom. The van der Waals surface area contributed by atoms with Gasteiger partial charge in [0.25, 0.3) is 0 Å². The Bertz CT molecular complexity index is 536.